The fraction of sp³-hybridized carbons (Fsp3) is 0.600. The zero-order valence-electron chi connectivity index (χ0n) is 8.35. The molecule has 80 valence electrons. The Balaban J connectivity index is 0.000000980. The molecule has 0 radical (unpaired) electrons. The number of nitrogens with zero attached hydrogens (tertiary/aromatic N) is 1. The van der Waals surface area contributed by atoms with Gasteiger partial charge in [0.05, 0.1) is 12.3 Å². The summed E-state index contributed by atoms with van der Waals surface area (Å²) in [5, 5.41) is 0. The topological polar surface area (TPSA) is 42.4 Å². The Labute approximate surface area is 90.7 Å². The standard InChI is InChI=1S/C10H16N2O.ClH/c1-8(10-3-2-6-13-10)12-5-4-9(11)7-12;/h2-3,6,8-9H,4-5,7,11H2,1H3;1H/t8?,9-;/m1./s1. The van der Waals surface area contributed by atoms with Crippen molar-refractivity contribution in [1.82, 2.24) is 4.90 Å². The number of likely N-dealkylation sites (tertiary alicyclic amines) is 1. The summed E-state index contributed by atoms with van der Waals surface area (Å²) in [4.78, 5) is 2.36. The summed E-state index contributed by atoms with van der Waals surface area (Å²) in [6, 6.07) is 4.66. The molecule has 0 aliphatic carbocycles. The van der Waals surface area contributed by atoms with E-state index in [9.17, 15) is 0 Å². The number of furan rings is 1. The van der Waals surface area contributed by atoms with E-state index in [0.717, 1.165) is 25.3 Å². The molecule has 1 aliphatic heterocycles. The molecule has 2 rings (SSSR count). The summed E-state index contributed by atoms with van der Waals surface area (Å²) in [5.41, 5.74) is 5.84. The number of nitrogens with two attached hydrogens (primary N) is 1. The highest BCUT2D eigenvalue weighted by atomic mass is 35.5. The fourth-order valence-corrected chi connectivity index (χ4v) is 1.88. The SMILES string of the molecule is CC(c1ccco1)N1CC[C@@H](N)C1.Cl. The third kappa shape index (κ3) is 2.29. The van der Waals surface area contributed by atoms with Crippen molar-refractivity contribution in [3.8, 4) is 0 Å². The van der Waals surface area contributed by atoms with Crippen molar-refractivity contribution in [2.75, 3.05) is 13.1 Å². The molecule has 0 aromatic carbocycles. The minimum Gasteiger partial charge on any atom is -0.468 e. The second-order valence-corrected chi connectivity index (χ2v) is 3.74. The normalized spacial score (nSPS) is 24.6. The summed E-state index contributed by atoms with van der Waals surface area (Å²) in [6.45, 7) is 4.24. The minimum absolute atomic E-state index is 0. The molecule has 1 unspecified atom stereocenters. The summed E-state index contributed by atoms with van der Waals surface area (Å²) < 4.78 is 5.36. The van der Waals surface area contributed by atoms with Crippen LogP contribution < -0.4 is 5.73 Å². The maximum atomic E-state index is 5.84. The van der Waals surface area contributed by atoms with Gasteiger partial charge >= 0.3 is 0 Å². The minimum atomic E-state index is 0. The van der Waals surface area contributed by atoms with Gasteiger partial charge in [0.2, 0.25) is 0 Å². The Morgan fingerprint density at radius 2 is 2.43 bits per heavy atom. The van der Waals surface area contributed by atoms with Crippen LogP contribution in [0.1, 0.15) is 25.1 Å². The number of halogens is 1. The highest BCUT2D eigenvalue weighted by molar-refractivity contribution is 5.85. The van der Waals surface area contributed by atoms with Crippen LogP contribution in [-0.2, 0) is 0 Å². The Morgan fingerprint density at radius 3 is 2.93 bits per heavy atom. The van der Waals surface area contributed by atoms with Gasteiger partial charge in [0.25, 0.3) is 0 Å². The molecule has 0 bridgehead atoms. The average Bonchev–Trinajstić information content (AvgIpc) is 2.72. The van der Waals surface area contributed by atoms with E-state index in [-0.39, 0.29) is 12.4 Å². The second kappa shape index (κ2) is 4.82. The maximum absolute atomic E-state index is 5.84. The van der Waals surface area contributed by atoms with Gasteiger partial charge in [-0.3, -0.25) is 4.90 Å². The summed E-state index contributed by atoms with van der Waals surface area (Å²) in [6.07, 6.45) is 2.83. The lowest BCUT2D eigenvalue weighted by atomic mass is 10.2. The van der Waals surface area contributed by atoms with Crippen LogP contribution in [0.25, 0.3) is 0 Å². The molecule has 14 heavy (non-hydrogen) atoms. The predicted molar refractivity (Wildman–Crippen MR) is 58.5 cm³/mol. The van der Waals surface area contributed by atoms with Crippen LogP contribution in [0.15, 0.2) is 22.8 Å². The average molecular weight is 217 g/mol. The van der Waals surface area contributed by atoms with Crippen molar-refractivity contribution in [1.29, 1.82) is 0 Å². The summed E-state index contributed by atoms with van der Waals surface area (Å²) in [5.74, 6) is 1.04. The van der Waals surface area contributed by atoms with E-state index in [2.05, 4.69) is 11.8 Å². The van der Waals surface area contributed by atoms with Gasteiger partial charge in [-0.05, 0) is 25.5 Å². The molecule has 2 heterocycles. The van der Waals surface area contributed by atoms with Gasteiger partial charge in [-0.2, -0.15) is 0 Å². The van der Waals surface area contributed by atoms with Crippen LogP contribution in [0.3, 0.4) is 0 Å². The monoisotopic (exact) mass is 216 g/mol. The van der Waals surface area contributed by atoms with Gasteiger partial charge in [0, 0.05) is 19.1 Å². The third-order valence-corrected chi connectivity index (χ3v) is 2.76. The first-order valence-electron chi connectivity index (χ1n) is 4.80. The molecular weight excluding hydrogens is 200 g/mol. The molecule has 0 spiro atoms. The molecule has 4 heteroatoms. The van der Waals surface area contributed by atoms with Crippen LogP contribution in [0.4, 0.5) is 0 Å². The van der Waals surface area contributed by atoms with E-state index in [1.165, 1.54) is 0 Å². The third-order valence-electron chi connectivity index (χ3n) is 2.76. The Morgan fingerprint density at radius 1 is 1.64 bits per heavy atom. The van der Waals surface area contributed by atoms with Crippen LogP contribution in [0.2, 0.25) is 0 Å². The van der Waals surface area contributed by atoms with Crippen molar-refractivity contribution in [2.45, 2.75) is 25.4 Å². The summed E-state index contributed by atoms with van der Waals surface area (Å²) in [7, 11) is 0. The number of hydrogen-bond donors (Lipinski definition) is 1. The summed E-state index contributed by atoms with van der Waals surface area (Å²) >= 11 is 0. The Bertz CT molecular complexity index is 263. The molecule has 2 atom stereocenters. The van der Waals surface area contributed by atoms with Gasteiger partial charge in [-0.15, -0.1) is 12.4 Å². The highest BCUT2D eigenvalue weighted by Crippen LogP contribution is 2.23. The van der Waals surface area contributed by atoms with Crippen molar-refractivity contribution in [2.24, 2.45) is 5.73 Å². The quantitative estimate of drug-likeness (QED) is 0.820. The van der Waals surface area contributed by atoms with E-state index in [1.807, 2.05) is 12.1 Å². The van der Waals surface area contributed by atoms with Crippen molar-refractivity contribution in [3.05, 3.63) is 24.2 Å². The van der Waals surface area contributed by atoms with Crippen LogP contribution in [0.5, 0.6) is 0 Å². The van der Waals surface area contributed by atoms with Crippen LogP contribution in [-0.4, -0.2) is 24.0 Å². The van der Waals surface area contributed by atoms with E-state index < -0.39 is 0 Å². The first-order valence-corrected chi connectivity index (χ1v) is 4.80. The smallest absolute Gasteiger partial charge is 0.120 e. The molecule has 1 aromatic heterocycles. The number of hydrogen-bond acceptors (Lipinski definition) is 3. The zero-order valence-corrected chi connectivity index (χ0v) is 9.17. The van der Waals surface area contributed by atoms with Gasteiger partial charge in [-0.1, -0.05) is 0 Å². The van der Waals surface area contributed by atoms with Crippen LogP contribution >= 0.6 is 12.4 Å². The second-order valence-electron chi connectivity index (χ2n) is 3.74. The van der Waals surface area contributed by atoms with Gasteiger partial charge < -0.3 is 10.2 Å². The number of rotatable bonds is 2. The van der Waals surface area contributed by atoms with Crippen molar-refractivity contribution in [3.63, 3.8) is 0 Å². The Hall–Kier alpha value is -0.510. The molecule has 1 fully saturated rings. The van der Waals surface area contributed by atoms with Crippen molar-refractivity contribution >= 4 is 12.4 Å². The Kier molecular flexibility index (Phi) is 3.98. The first-order chi connectivity index (χ1) is 6.27. The molecule has 1 saturated heterocycles. The lowest BCUT2D eigenvalue weighted by Crippen LogP contribution is -2.28. The molecule has 0 saturated carbocycles. The molecule has 1 aromatic rings. The first kappa shape index (κ1) is 11.6. The van der Waals surface area contributed by atoms with Gasteiger partial charge in [-0.25, -0.2) is 0 Å². The van der Waals surface area contributed by atoms with E-state index >= 15 is 0 Å². The zero-order chi connectivity index (χ0) is 9.26. The van der Waals surface area contributed by atoms with Crippen LogP contribution in [0, 0.1) is 0 Å². The van der Waals surface area contributed by atoms with E-state index in [1.54, 1.807) is 6.26 Å². The predicted octanol–water partition coefficient (Wildman–Crippen LogP) is 1.80. The van der Waals surface area contributed by atoms with E-state index in [4.69, 9.17) is 10.2 Å². The molecule has 1 aliphatic rings. The maximum Gasteiger partial charge on any atom is 0.120 e. The lowest BCUT2D eigenvalue weighted by molar-refractivity contribution is 0.229. The molecule has 0 amide bonds. The van der Waals surface area contributed by atoms with Crippen molar-refractivity contribution < 1.29 is 4.42 Å². The van der Waals surface area contributed by atoms with E-state index in [0.29, 0.717) is 12.1 Å². The van der Waals surface area contributed by atoms with Gasteiger partial charge in [0.1, 0.15) is 5.76 Å². The molecule has 2 N–H and O–H groups in total. The molecule has 3 nitrogen and oxygen atoms in total. The van der Waals surface area contributed by atoms with Gasteiger partial charge in [0.15, 0.2) is 0 Å². The molecular formula is C10H17ClN2O. The lowest BCUT2D eigenvalue weighted by Gasteiger charge is -2.21. The largest absolute Gasteiger partial charge is 0.468 e. The fourth-order valence-electron chi connectivity index (χ4n) is 1.88. The highest BCUT2D eigenvalue weighted by Gasteiger charge is 2.25.